The van der Waals surface area contributed by atoms with Crippen LogP contribution in [0.2, 0.25) is 0 Å². The van der Waals surface area contributed by atoms with Gasteiger partial charge in [0.25, 0.3) is 11.8 Å². The van der Waals surface area contributed by atoms with E-state index < -0.39 is 11.8 Å². The quantitative estimate of drug-likeness (QED) is 0.195. The first-order valence-corrected chi connectivity index (χ1v) is 12.2. The number of anilines is 1. The number of rotatable bonds is 9. The Kier molecular flexibility index (Phi) is 9.24. The number of carbonyl (C=O) groups is 2. The molecule has 9 heteroatoms. The first kappa shape index (κ1) is 25.5. The number of furan rings is 1. The van der Waals surface area contributed by atoms with Gasteiger partial charge in [0.05, 0.1) is 10.7 Å². The summed E-state index contributed by atoms with van der Waals surface area (Å²) in [6, 6.07) is 18.2. The summed E-state index contributed by atoms with van der Waals surface area (Å²) >= 11 is 6.57. The van der Waals surface area contributed by atoms with Crippen LogP contribution in [0.5, 0.6) is 0 Å². The van der Waals surface area contributed by atoms with Crippen LogP contribution in [0.4, 0.5) is 5.69 Å². The lowest BCUT2D eigenvalue weighted by Crippen LogP contribution is -2.32. The lowest BCUT2D eigenvalue weighted by atomic mass is 10.1. The number of carbonyl (C=O) groups excluding carboxylic acids is 2. The molecule has 0 aliphatic rings. The number of nitrogens with one attached hydrogen (secondary N) is 2. The van der Waals surface area contributed by atoms with E-state index in [1.807, 2.05) is 30.3 Å². The summed E-state index contributed by atoms with van der Waals surface area (Å²) in [5.74, 6) is -0.535. The fourth-order valence-electron chi connectivity index (χ4n) is 3.12. The second kappa shape index (κ2) is 12.3. The van der Waals surface area contributed by atoms with Crippen LogP contribution in [0.15, 0.2) is 85.0 Å². The fourth-order valence-corrected chi connectivity index (χ4v) is 3.73. The van der Waals surface area contributed by atoms with Crippen molar-refractivity contribution in [3.05, 3.63) is 92.4 Å². The molecular weight excluding hydrogens is 564 g/mol. The topological polar surface area (TPSA) is 86.9 Å². The van der Waals surface area contributed by atoms with Gasteiger partial charge in [0.15, 0.2) is 4.67 Å². The van der Waals surface area contributed by atoms with Crippen molar-refractivity contribution >= 4 is 61.7 Å². The van der Waals surface area contributed by atoms with Crippen molar-refractivity contribution in [1.29, 1.82) is 0 Å². The molecule has 0 saturated carbocycles. The van der Waals surface area contributed by atoms with Gasteiger partial charge in [0.2, 0.25) is 0 Å². The molecule has 176 valence electrons. The summed E-state index contributed by atoms with van der Waals surface area (Å²) in [5, 5.41) is 6.63. The maximum absolute atomic E-state index is 12.9. The van der Waals surface area contributed by atoms with Gasteiger partial charge in [-0.25, -0.2) is 5.43 Å². The minimum Gasteiger partial charge on any atom is -0.447 e. The number of hydrogen-bond donors (Lipinski definition) is 2. The van der Waals surface area contributed by atoms with Gasteiger partial charge in [0.1, 0.15) is 11.5 Å². The number of hydrazone groups is 1. The first-order valence-electron chi connectivity index (χ1n) is 10.6. The number of halogens is 2. The molecule has 0 atom stereocenters. The van der Waals surface area contributed by atoms with Crippen molar-refractivity contribution in [2.24, 2.45) is 5.10 Å². The molecule has 0 spiro atoms. The molecule has 2 aromatic carbocycles. The van der Waals surface area contributed by atoms with Crippen LogP contribution in [0.25, 0.3) is 6.08 Å². The van der Waals surface area contributed by atoms with E-state index in [9.17, 15) is 9.59 Å². The summed E-state index contributed by atoms with van der Waals surface area (Å²) in [6.07, 6.45) is 2.97. The van der Waals surface area contributed by atoms with E-state index in [1.54, 1.807) is 36.4 Å². The number of hydrogen-bond acceptors (Lipinski definition) is 5. The minimum absolute atomic E-state index is 0.0587. The zero-order valence-electron chi connectivity index (χ0n) is 18.7. The Morgan fingerprint density at radius 1 is 1.03 bits per heavy atom. The molecule has 1 heterocycles. The molecule has 3 aromatic rings. The molecule has 0 aliphatic heterocycles. The van der Waals surface area contributed by atoms with Crippen molar-refractivity contribution in [3.8, 4) is 0 Å². The summed E-state index contributed by atoms with van der Waals surface area (Å²) in [4.78, 5) is 27.8. The van der Waals surface area contributed by atoms with Crippen molar-refractivity contribution in [2.45, 2.75) is 13.8 Å². The molecule has 0 unspecified atom stereocenters. The molecule has 3 rings (SSSR count). The normalized spacial score (nSPS) is 11.5. The minimum atomic E-state index is -0.571. The number of nitrogens with zero attached hydrogens (tertiary/aromatic N) is 2. The molecule has 1 aromatic heterocycles. The zero-order valence-corrected chi connectivity index (χ0v) is 21.9. The largest absolute Gasteiger partial charge is 0.447 e. The number of amides is 2. The van der Waals surface area contributed by atoms with Gasteiger partial charge < -0.3 is 14.6 Å². The molecule has 2 N–H and O–H groups in total. The predicted octanol–water partition coefficient (Wildman–Crippen LogP) is 5.57. The van der Waals surface area contributed by atoms with Gasteiger partial charge in [0, 0.05) is 30.4 Å². The van der Waals surface area contributed by atoms with Gasteiger partial charge in [-0.15, -0.1) is 0 Å². The van der Waals surface area contributed by atoms with Crippen molar-refractivity contribution in [3.63, 3.8) is 0 Å². The Morgan fingerprint density at radius 2 is 1.71 bits per heavy atom. The van der Waals surface area contributed by atoms with E-state index in [0.717, 1.165) is 28.8 Å². The van der Waals surface area contributed by atoms with Crippen LogP contribution in [0.3, 0.4) is 0 Å². The Hall–Kier alpha value is -3.17. The van der Waals surface area contributed by atoms with E-state index in [-0.39, 0.29) is 5.70 Å². The van der Waals surface area contributed by atoms with E-state index >= 15 is 0 Å². The summed E-state index contributed by atoms with van der Waals surface area (Å²) in [5.41, 5.74) is 4.78. The molecule has 2 amide bonds. The van der Waals surface area contributed by atoms with Gasteiger partial charge in [-0.3, -0.25) is 9.59 Å². The summed E-state index contributed by atoms with van der Waals surface area (Å²) in [6.45, 7) is 5.99. The zero-order chi connectivity index (χ0) is 24.5. The van der Waals surface area contributed by atoms with Gasteiger partial charge in [-0.05, 0) is 81.6 Å². The Labute approximate surface area is 215 Å². The lowest BCUT2D eigenvalue weighted by molar-refractivity contribution is -0.117. The van der Waals surface area contributed by atoms with Crippen molar-refractivity contribution in [1.82, 2.24) is 10.7 Å². The van der Waals surface area contributed by atoms with Gasteiger partial charge in [-0.1, -0.05) is 30.3 Å². The van der Waals surface area contributed by atoms with E-state index in [1.165, 1.54) is 6.21 Å². The second-order valence-corrected chi connectivity index (χ2v) is 8.69. The number of benzene rings is 2. The highest BCUT2D eigenvalue weighted by Crippen LogP contribution is 2.25. The summed E-state index contributed by atoms with van der Waals surface area (Å²) in [7, 11) is 0. The van der Waals surface area contributed by atoms with E-state index in [0.29, 0.717) is 16.0 Å². The lowest BCUT2D eigenvalue weighted by Gasteiger charge is -2.20. The fraction of sp³-hybridized carbons (Fsp3) is 0.160. The molecule has 0 saturated heterocycles. The average molecular weight is 588 g/mol. The van der Waals surface area contributed by atoms with Gasteiger partial charge >= 0.3 is 0 Å². The Bertz CT molecular complexity index is 1170. The second-order valence-electron chi connectivity index (χ2n) is 7.11. The maximum atomic E-state index is 12.9. The predicted molar refractivity (Wildman–Crippen MR) is 142 cm³/mol. The third-order valence-electron chi connectivity index (χ3n) is 4.88. The third-order valence-corrected chi connectivity index (χ3v) is 6.59. The molecule has 0 bridgehead atoms. The summed E-state index contributed by atoms with van der Waals surface area (Å²) < 4.78 is 6.65. The molecule has 0 fully saturated rings. The Morgan fingerprint density at radius 3 is 2.29 bits per heavy atom. The first-order chi connectivity index (χ1) is 16.4. The average Bonchev–Trinajstić information content (AvgIpc) is 3.17. The van der Waals surface area contributed by atoms with E-state index in [2.05, 4.69) is 66.5 Å². The maximum Gasteiger partial charge on any atom is 0.287 e. The monoisotopic (exact) mass is 586 g/mol. The molecule has 34 heavy (non-hydrogen) atoms. The molecule has 0 radical (unpaired) electrons. The van der Waals surface area contributed by atoms with Crippen LogP contribution in [-0.4, -0.2) is 31.1 Å². The van der Waals surface area contributed by atoms with E-state index in [4.69, 9.17) is 4.42 Å². The smallest absolute Gasteiger partial charge is 0.287 e. The highest BCUT2D eigenvalue weighted by molar-refractivity contribution is 9.13. The third kappa shape index (κ3) is 6.91. The molecule has 7 nitrogen and oxygen atoms in total. The highest BCUT2D eigenvalue weighted by Gasteiger charge is 2.14. The molecule has 0 aliphatic carbocycles. The molecular formula is C25H24Br2N4O3. The van der Waals surface area contributed by atoms with Crippen molar-refractivity contribution in [2.75, 3.05) is 18.0 Å². The standard InChI is InChI=1S/C25H24Br2N4O3/c1-3-31(4-2)19-12-10-17(11-13-19)14-22(29-24(32)18-8-6-5-7-9-18)25(33)30-28-16-20-15-21(26)23(27)34-20/h5-16H,3-4H2,1-2H3,(H,29,32)(H,30,33)/b22-14+,28-16+. The van der Waals surface area contributed by atoms with Crippen LogP contribution in [-0.2, 0) is 4.79 Å². The van der Waals surface area contributed by atoms with Crippen LogP contribution >= 0.6 is 31.9 Å². The highest BCUT2D eigenvalue weighted by atomic mass is 79.9. The van der Waals surface area contributed by atoms with Crippen LogP contribution in [0.1, 0.15) is 35.5 Å². The van der Waals surface area contributed by atoms with Gasteiger partial charge in [-0.2, -0.15) is 5.10 Å². The van der Waals surface area contributed by atoms with Crippen LogP contribution < -0.4 is 15.6 Å². The van der Waals surface area contributed by atoms with Crippen LogP contribution in [0, 0.1) is 0 Å². The Balaban J connectivity index is 1.82. The van der Waals surface area contributed by atoms with Crippen molar-refractivity contribution < 1.29 is 14.0 Å². The SMILES string of the molecule is CCN(CC)c1ccc(/C=C(/NC(=O)c2ccccc2)C(=O)N/N=C/c2cc(Br)c(Br)o2)cc1.